The van der Waals surface area contributed by atoms with Crippen molar-refractivity contribution in [1.29, 1.82) is 0 Å². The number of para-hydroxylation sites is 1. The third-order valence-corrected chi connectivity index (χ3v) is 11.2. The molecule has 0 radical (unpaired) electrons. The number of hydrogen-bond donors (Lipinski definition) is 0. The molecule has 0 amide bonds. The van der Waals surface area contributed by atoms with Gasteiger partial charge in [-0.25, -0.2) is 4.98 Å². The number of nitrogens with zero attached hydrogens (tertiary/aromatic N) is 4. The first-order chi connectivity index (χ1) is 25.5. The van der Waals surface area contributed by atoms with Gasteiger partial charge in [-0.2, -0.15) is 9.50 Å². The fourth-order valence-corrected chi connectivity index (χ4v) is 8.68. The molecule has 11 rings (SSSR count). The molecule has 8 aromatic carbocycles. The van der Waals surface area contributed by atoms with Gasteiger partial charge in [-0.15, -0.1) is 5.10 Å². The average Bonchev–Trinajstić information content (AvgIpc) is 3.74. The van der Waals surface area contributed by atoms with Crippen LogP contribution in [0.2, 0.25) is 0 Å². The van der Waals surface area contributed by atoms with Crippen LogP contribution < -0.4 is 0 Å². The van der Waals surface area contributed by atoms with Gasteiger partial charge < -0.3 is 0 Å². The van der Waals surface area contributed by atoms with Crippen molar-refractivity contribution < 1.29 is 0 Å². The van der Waals surface area contributed by atoms with E-state index in [0.29, 0.717) is 11.6 Å². The van der Waals surface area contributed by atoms with Crippen molar-refractivity contribution in [2.75, 3.05) is 0 Å². The molecule has 52 heavy (non-hydrogen) atoms. The minimum absolute atomic E-state index is 0.0964. The summed E-state index contributed by atoms with van der Waals surface area (Å²) in [5.41, 5.74) is 11.4. The maximum absolute atomic E-state index is 5.20. The normalized spacial score (nSPS) is 13.3. The molecule has 0 unspecified atom stereocenters. The van der Waals surface area contributed by atoms with Crippen molar-refractivity contribution in [2.45, 2.75) is 19.3 Å². The molecule has 10 aromatic rings. The Balaban J connectivity index is 1.04. The van der Waals surface area contributed by atoms with Gasteiger partial charge in [0.25, 0.3) is 5.78 Å². The van der Waals surface area contributed by atoms with Crippen LogP contribution in [0.4, 0.5) is 0 Å². The Morgan fingerprint density at radius 3 is 1.81 bits per heavy atom. The smallest absolute Gasteiger partial charge is 0.210 e. The molecule has 0 saturated carbocycles. The minimum atomic E-state index is -0.0964. The van der Waals surface area contributed by atoms with E-state index in [9.17, 15) is 0 Å². The second-order valence-electron chi connectivity index (χ2n) is 14.5. The summed E-state index contributed by atoms with van der Waals surface area (Å²) in [5.74, 6) is 1.24. The predicted octanol–water partition coefficient (Wildman–Crippen LogP) is 12.0. The fourth-order valence-electron chi connectivity index (χ4n) is 8.68. The summed E-state index contributed by atoms with van der Waals surface area (Å²) in [5, 5.41) is 13.7. The Morgan fingerprint density at radius 1 is 0.423 bits per heavy atom. The molecule has 2 heterocycles. The lowest BCUT2D eigenvalue weighted by atomic mass is 9.82. The number of rotatable bonds is 3. The third kappa shape index (κ3) is 4.12. The SMILES string of the molecule is CC1(C)c2ccccc2-c2ccc(-c3nc4nc(-c5cccc(-c6ccc7c8ccccc8c8ccccc8c7c6)c5)nn4c4ccccc34)cc21. The average molecular weight is 665 g/mol. The highest BCUT2D eigenvalue weighted by Crippen LogP contribution is 2.49. The molecule has 1 aliphatic rings. The third-order valence-electron chi connectivity index (χ3n) is 11.2. The Kier molecular flexibility index (Phi) is 5.98. The van der Waals surface area contributed by atoms with Crippen LogP contribution in [0.3, 0.4) is 0 Å². The summed E-state index contributed by atoms with van der Waals surface area (Å²) in [6, 6.07) is 56.8. The number of hydrogen-bond acceptors (Lipinski definition) is 3. The zero-order valence-electron chi connectivity index (χ0n) is 28.8. The molecule has 0 N–H and O–H groups in total. The van der Waals surface area contributed by atoms with Crippen LogP contribution in [0.5, 0.6) is 0 Å². The van der Waals surface area contributed by atoms with Gasteiger partial charge in [0.1, 0.15) is 0 Å². The summed E-state index contributed by atoms with van der Waals surface area (Å²) < 4.78 is 1.89. The Labute approximate surface area is 300 Å². The van der Waals surface area contributed by atoms with Crippen LogP contribution >= 0.6 is 0 Å². The molecular weight excluding hydrogens is 633 g/mol. The van der Waals surface area contributed by atoms with Crippen molar-refractivity contribution in [3.63, 3.8) is 0 Å². The zero-order chi connectivity index (χ0) is 34.6. The molecule has 4 nitrogen and oxygen atoms in total. The summed E-state index contributed by atoms with van der Waals surface area (Å²) >= 11 is 0. The molecular formula is C48H32N4. The van der Waals surface area contributed by atoms with Crippen LogP contribution in [0.1, 0.15) is 25.0 Å². The highest BCUT2D eigenvalue weighted by molar-refractivity contribution is 6.25. The van der Waals surface area contributed by atoms with Gasteiger partial charge in [0.05, 0.1) is 11.2 Å². The van der Waals surface area contributed by atoms with E-state index in [1.165, 1.54) is 54.6 Å². The second-order valence-corrected chi connectivity index (χ2v) is 14.5. The summed E-state index contributed by atoms with van der Waals surface area (Å²) in [7, 11) is 0. The molecule has 0 saturated heterocycles. The lowest BCUT2D eigenvalue weighted by Gasteiger charge is -2.22. The van der Waals surface area contributed by atoms with E-state index < -0.39 is 0 Å². The molecule has 2 aromatic heterocycles. The molecule has 244 valence electrons. The standard InChI is InChI=1S/C48H32N4/c1-48(2)42-20-9-7-18-38(42)39-25-23-31(28-43(39)48)45-40-19-8-10-21-44(40)52-47(49-45)50-46(51-52)32-13-11-12-29(26-32)30-22-24-37-35-16-4-3-14-33(35)34-15-5-6-17-36(34)41(37)27-30/h3-28H,1-2H3. The fraction of sp³-hybridized carbons (Fsp3) is 0.0625. The highest BCUT2D eigenvalue weighted by Gasteiger charge is 2.35. The largest absolute Gasteiger partial charge is 0.253 e. The van der Waals surface area contributed by atoms with Gasteiger partial charge in [-0.1, -0.05) is 147 Å². The van der Waals surface area contributed by atoms with Crippen LogP contribution in [-0.2, 0) is 5.41 Å². The highest BCUT2D eigenvalue weighted by atomic mass is 15.3. The monoisotopic (exact) mass is 664 g/mol. The summed E-state index contributed by atoms with van der Waals surface area (Å²) in [4.78, 5) is 10.3. The molecule has 0 aliphatic heterocycles. The summed E-state index contributed by atoms with van der Waals surface area (Å²) in [6.07, 6.45) is 0. The van der Waals surface area contributed by atoms with E-state index in [4.69, 9.17) is 15.1 Å². The molecule has 4 heteroatoms. The van der Waals surface area contributed by atoms with Crippen LogP contribution in [-0.4, -0.2) is 19.6 Å². The first kappa shape index (κ1) is 29.1. The maximum Gasteiger partial charge on any atom is 0.253 e. The van der Waals surface area contributed by atoms with E-state index in [2.05, 4.69) is 172 Å². The molecule has 0 bridgehead atoms. The van der Waals surface area contributed by atoms with Crippen LogP contribution in [0.15, 0.2) is 158 Å². The van der Waals surface area contributed by atoms with Crippen molar-refractivity contribution >= 4 is 49.0 Å². The Hall–Kier alpha value is -6.65. The van der Waals surface area contributed by atoms with Gasteiger partial charge in [0, 0.05) is 21.9 Å². The predicted molar refractivity (Wildman–Crippen MR) is 215 cm³/mol. The first-order valence-electron chi connectivity index (χ1n) is 17.9. The zero-order valence-corrected chi connectivity index (χ0v) is 28.8. The Morgan fingerprint density at radius 2 is 1.02 bits per heavy atom. The Bertz CT molecular complexity index is 3080. The van der Waals surface area contributed by atoms with E-state index in [0.717, 1.165) is 38.9 Å². The number of benzene rings is 8. The van der Waals surface area contributed by atoms with E-state index in [1.54, 1.807) is 0 Å². The van der Waals surface area contributed by atoms with Gasteiger partial charge in [-0.05, 0) is 90.0 Å². The van der Waals surface area contributed by atoms with Crippen LogP contribution in [0.25, 0.3) is 93.9 Å². The first-order valence-corrected chi connectivity index (χ1v) is 17.9. The van der Waals surface area contributed by atoms with Gasteiger partial charge >= 0.3 is 0 Å². The lowest BCUT2D eigenvalue weighted by molar-refractivity contribution is 0.660. The topological polar surface area (TPSA) is 43.1 Å². The van der Waals surface area contributed by atoms with Crippen molar-refractivity contribution in [3.05, 3.63) is 169 Å². The second kappa shape index (κ2) is 10.7. The van der Waals surface area contributed by atoms with E-state index >= 15 is 0 Å². The molecule has 0 fully saturated rings. The maximum atomic E-state index is 5.20. The minimum Gasteiger partial charge on any atom is -0.210 e. The van der Waals surface area contributed by atoms with Crippen molar-refractivity contribution in [1.82, 2.24) is 19.6 Å². The quantitative estimate of drug-likeness (QED) is 0.177. The molecule has 0 atom stereocenters. The van der Waals surface area contributed by atoms with E-state index in [-0.39, 0.29) is 5.41 Å². The summed E-state index contributed by atoms with van der Waals surface area (Å²) in [6.45, 7) is 4.63. The van der Waals surface area contributed by atoms with Gasteiger partial charge in [0.15, 0.2) is 5.82 Å². The van der Waals surface area contributed by atoms with E-state index in [1.807, 2.05) is 4.52 Å². The molecule has 1 aliphatic carbocycles. The van der Waals surface area contributed by atoms with Gasteiger partial charge in [0.2, 0.25) is 0 Å². The number of fused-ring (bicyclic) bond motifs is 12. The molecule has 0 spiro atoms. The van der Waals surface area contributed by atoms with Gasteiger partial charge in [-0.3, -0.25) is 0 Å². The van der Waals surface area contributed by atoms with Crippen molar-refractivity contribution in [3.8, 4) is 44.9 Å². The lowest BCUT2D eigenvalue weighted by Crippen LogP contribution is -2.15. The number of aromatic nitrogens is 4. The van der Waals surface area contributed by atoms with Crippen molar-refractivity contribution in [2.24, 2.45) is 0 Å². The van der Waals surface area contributed by atoms with Crippen LogP contribution in [0, 0.1) is 0 Å².